The maximum absolute atomic E-state index is 14.2. The van der Waals surface area contributed by atoms with Gasteiger partial charge in [-0.05, 0) is 25.7 Å². The minimum absolute atomic E-state index is 0.0814. The molecule has 0 rings (SSSR count). The quantitative estimate of drug-likeness (QED) is 0.0527. The molecular formula is C36H72N2O6. The second kappa shape index (κ2) is 28.0. The van der Waals surface area contributed by atoms with Gasteiger partial charge in [-0.2, -0.15) is 0 Å². The first-order chi connectivity index (χ1) is 21.2. The third-order valence-corrected chi connectivity index (χ3v) is 9.15. The van der Waals surface area contributed by atoms with Gasteiger partial charge in [0.2, 0.25) is 5.91 Å². The molecule has 0 aliphatic rings. The number of amides is 2. The number of hydrogen-bond donors (Lipinski definition) is 5. The summed E-state index contributed by atoms with van der Waals surface area (Å²) in [6, 6.07) is -0.163. The molecule has 2 amide bonds. The Labute approximate surface area is 270 Å². The lowest BCUT2D eigenvalue weighted by Crippen LogP contribution is -2.58. The first kappa shape index (κ1) is 42.8. The van der Waals surface area contributed by atoms with E-state index in [4.69, 9.17) is 5.73 Å². The molecule has 4 atom stereocenters. The number of primary amides is 1. The number of carbonyl (C=O) groups is 2. The van der Waals surface area contributed by atoms with Crippen molar-refractivity contribution in [2.75, 3.05) is 0 Å². The second-order valence-electron chi connectivity index (χ2n) is 13.1. The van der Waals surface area contributed by atoms with Crippen LogP contribution in [0.4, 0.5) is 0 Å². The molecule has 0 spiro atoms. The van der Waals surface area contributed by atoms with Gasteiger partial charge in [0, 0.05) is 12.1 Å². The Hall–Kier alpha value is -1.22. The van der Waals surface area contributed by atoms with Crippen LogP contribution in [0.1, 0.15) is 182 Å². The molecule has 0 aromatic heterocycles. The van der Waals surface area contributed by atoms with Gasteiger partial charge in [-0.25, -0.2) is 0 Å². The zero-order valence-electron chi connectivity index (χ0n) is 29.1. The lowest BCUT2D eigenvalue weighted by atomic mass is 9.92. The van der Waals surface area contributed by atoms with Gasteiger partial charge >= 0.3 is 0 Å². The molecule has 0 saturated heterocycles. The fourth-order valence-electron chi connectivity index (χ4n) is 6.28. The number of nitrogens with zero attached hydrogens (tertiary/aromatic N) is 1. The van der Waals surface area contributed by atoms with Crippen LogP contribution >= 0.6 is 0 Å². The Balaban J connectivity index is 6.28. The third kappa shape index (κ3) is 18.7. The molecule has 262 valence electrons. The number of aliphatic hydroxyl groups is 4. The summed E-state index contributed by atoms with van der Waals surface area (Å²) < 4.78 is 0. The van der Waals surface area contributed by atoms with E-state index >= 15 is 0 Å². The maximum Gasteiger partial charge on any atom is 0.254 e. The minimum Gasteiger partial charge on any atom is -0.387 e. The van der Waals surface area contributed by atoms with Crippen LogP contribution in [0.15, 0.2) is 0 Å². The van der Waals surface area contributed by atoms with Crippen molar-refractivity contribution >= 4 is 11.8 Å². The molecule has 0 heterocycles. The van der Waals surface area contributed by atoms with Crippen molar-refractivity contribution in [1.29, 1.82) is 0 Å². The number of unbranched alkanes of at least 4 members (excludes halogenated alkanes) is 16. The van der Waals surface area contributed by atoms with Crippen LogP contribution in [0.5, 0.6) is 0 Å². The van der Waals surface area contributed by atoms with Gasteiger partial charge in [0.1, 0.15) is 12.2 Å². The molecule has 0 fully saturated rings. The van der Waals surface area contributed by atoms with Gasteiger partial charge in [-0.1, -0.05) is 156 Å². The molecule has 6 N–H and O–H groups in total. The van der Waals surface area contributed by atoms with Crippen molar-refractivity contribution in [3.05, 3.63) is 0 Å². The maximum atomic E-state index is 14.2. The van der Waals surface area contributed by atoms with Crippen molar-refractivity contribution < 1.29 is 30.0 Å². The molecule has 0 saturated carbocycles. The highest BCUT2D eigenvalue weighted by Gasteiger charge is 2.41. The van der Waals surface area contributed by atoms with E-state index in [1.165, 1.54) is 25.7 Å². The highest BCUT2D eigenvalue weighted by atomic mass is 16.4. The summed E-state index contributed by atoms with van der Waals surface area (Å²) in [6.07, 6.45) is 17.6. The fraction of sp³-hybridized carbons (Fsp3) is 0.944. The van der Waals surface area contributed by atoms with E-state index in [0.717, 1.165) is 128 Å². The standard InChI is InChI=1S/C36H72N2O6/c1-5-9-13-17-21-25-29(26-22-18-14-10-6-2)38(36(44)34(42)32(40)31(39)33(41)35(37)43)30(27-23-19-15-11-7-3)28-24-20-16-12-8-4/h29-34,39-42H,5-28H2,1-4H3,(H2,37,43)/t31-,32-,33-,34+/m0/s1. The van der Waals surface area contributed by atoms with Gasteiger partial charge in [-0.3, -0.25) is 9.59 Å². The number of carbonyl (C=O) groups excluding carboxylic acids is 2. The van der Waals surface area contributed by atoms with E-state index in [0.29, 0.717) is 0 Å². The van der Waals surface area contributed by atoms with Gasteiger partial charge in [-0.15, -0.1) is 0 Å². The SMILES string of the molecule is CCCCCCCC(CCCCCCC)N(C(=O)[C@H](O)[C@@H](O)[C@H](O)[C@H](O)C(N)=O)C(CCCCCCC)CCCCCCC. The summed E-state index contributed by atoms with van der Waals surface area (Å²) in [6.45, 7) is 8.78. The fourth-order valence-corrected chi connectivity index (χ4v) is 6.28. The summed E-state index contributed by atoms with van der Waals surface area (Å²) in [5.41, 5.74) is 5.13. The predicted molar refractivity (Wildman–Crippen MR) is 181 cm³/mol. The zero-order valence-corrected chi connectivity index (χ0v) is 29.1. The summed E-state index contributed by atoms with van der Waals surface area (Å²) in [7, 11) is 0. The monoisotopic (exact) mass is 629 g/mol. The van der Waals surface area contributed by atoms with Crippen LogP contribution in [0.3, 0.4) is 0 Å². The van der Waals surface area contributed by atoms with Gasteiger partial charge in [0.25, 0.3) is 5.91 Å². The highest BCUT2D eigenvalue weighted by molar-refractivity contribution is 5.83. The highest BCUT2D eigenvalue weighted by Crippen LogP contribution is 2.28. The van der Waals surface area contributed by atoms with Crippen molar-refractivity contribution in [1.82, 2.24) is 4.90 Å². The van der Waals surface area contributed by atoms with E-state index in [1.807, 2.05) is 4.90 Å². The number of nitrogens with two attached hydrogens (primary N) is 1. The van der Waals surface area contributed by atoms with E-state index < -0.39 is 36.2 Å². The Morgan fingerprint density at radius 2 is 0.750 bits per heavy atom. The lowest BCUT2D eigenvalue weighted by Gasteiger charge is -2.41. The van der Waals surface area contributed by atoms with Crippen LogP contribution in [0, 0.1) is 0 Å². The van der Waals surface area contributed by atoms with E-state index in [2.05, 4.69) is 27.7 Å². The Morgan fingerprint density at radius 3 is 1.02 bits per heavy atom. The molecular weight excluding hydrogens is 556 g/mol. The smallest absolute Gasteiger partial charge is 0.254 e. The Kier molecular flexibility index (Phi) is 27.3. The van der Waals surface area contributed by atoms with Crippen molar-refractivity contribution in [3.8, 4) is 0 Å². The molecule has 0 aromatic carbocycles. The minimum atomic E-state index is -2.08. The summed E-state index contributed by atoms with van der Waals surface area (Å²) in [5, 5.41) is 42.3. The normalized spacial score (nSPS) is 14.6. The number of hydrogen-bond acceptors (Lipinski definition) is 6. The molecule has 0 radical (unpaired) electrons. The number of aliphatic hydroxyl groups excluding tert-OH is 4. The van der Waals surface area contributed by atoms with Crippen molar-refractivity contribution in [2.45, 2.75) is 218 Å². The average Bonchev–Trinajstić information content (AvgIpc) is 3.01. The molecule has 44 heavy (non-hydrogen) atoms. The van der Waals surface area contributed by atoms with E-state index in [-0.39, 0.29) is 12.1 Å². The van der Waals surface area contributed by atoms with Crippen molar-refractivity contribution in [2.24, 2.45) is 5.73 Å². The van der Waals surface area contributed by atoms with Gasteiger partial charge in [0.15, 0.2) is 12.2 Å². The summed E-state index contributed by atoms with van der Waals surface area (Å²) in [4.78, 5) is 27.6. The number of rotatable bonds is 31. The second-order valence-corrected chi connectivity index (χ2v) is 13.1. The molecule has 8 nitrogen and oxygen atoms in total. The van der Waals surface area contributed by atoms with Gasteiger partial charge in [0.05, 0.1) is 0 Å². The Bertz CT molecular complexity index is 634. The molecule has 0 aliphatic carbocycles. The topological polar surface area (TPSA) is 144 Å². The van der Waals surface area contributed by atoms with Crippen LogP contribution in [0.25, 0.3) is 0 Å². The van der Waals surface area contributed by atoms with E-state index in [9.17, 15) is 30.0 Å². The predicted octanol–water partition coefficient (Wildman–Crippen LogP) is 6.92. The summed E-state index contributed by atoms with van der Waals surface area (Å²) in [5.74, 6) is -1.84. The largest absolute Gasteiger partial charge is 0.387 e. The lowest BCUT2D eigenvalue weighted by molar-refractivity contribution is -0.165. The zero-order chi connectivity index (χ0) is 33.2. The molecule has 0 bridgehead atoms. The first-order valence-electron chi connectivity index (χ1n) is 18.5. The molecule has 0 unspecified atom stereocenters. The van der Waals surface area contributed by atoms with Gasteiger partial charge < -0.3 is 31.1 Å². The van der Waals surface area contributed by atoms with Crippen molar-refractivity contribution in [3.63, 3.8) is 0 Å². The third-order valence-electron chi connectivity index (χ3n) is 9.15. The van der Waals surface area contributed by atoms with Crippen LogP contribution in [0.2, 0.25) is 0 Å². The van der Waals surface area contributed by atoms with E-state index in [1.54, 1.807) is 0 Å². The molecule has 8 heteroatoms. The molecule has 0 aromatic rings. The Morgan fingerprint density at radius 1 is 0.477 bits per heavy atom. The van der Waals surface area contributed by atoms with Crippen LogP contribution < -0.4 is 5.73 Å². The van der Waals surface area contributed by atoms with Crippen LogP contribution in [-0.2, 0) is 9.59 Å². The van der Waals surface area contributed by atoms with Crippen LogP contribution in [-0.4, -0.2) is 73.6 Å². The average molecular weight is 629 g/mol. The first-order valence-corrected chi connectivity index (χ1v) is 18.5. The summed E-state index contributed by atoms with van der Waals surface area (Å²) >= 11 is 0. The molecule has 0 aliphatic heterocycles.